The molecule has 0 spiro atoms. The molecule has 0 aromatic heterocycles. The normalized spacial score (nSPS) is 23.6. The maximum atomic E-state index is 12.6. The average Bonchev–Trinajstić information content (AvgIpc) is 3.02. The lowest BCUT2D eigenvalue weighted by atomic mass is 9.81. The molecule has 3 amide bonds. The van der Waals surface area contributed by atoms with Gasteiger partial charge >= 0.3 is 5.97 Å². The molecule has 1 N–H and O–H groups in total. The Labute approximate surface area is 173 Å². The largest absolute Gasteiger partial charge is 0.486 e. The van der Waals surface area contributed by atoms with Gasteiger partial charge in [-0.3, -0.25) is 19.3 Å². The highest BCUT2D eigenvalue weighted by Gasteiger charge is 2.51. The molecule has 2 aliphatic heterocycles. The van der Waals surface area contributed by atoms with Gasteiger partial charge in [-0.1, -0.05) is 12.8 Å². The molecule has 1 saturated carbocycles. The molecular formula is C21H24N2O7. The number of imide groups is 1. The van der Waals surface area contributed by atoms with Gasteiger partial charge in [0.25, 0.3) is 5.91 Å². The minimum Gasteiger partial charge on any atom is -0.486 e. The fourth-order valence-corrected chi connectivity index (χ4v) is 4.25. The van der Waals surface area contributed by atoms with E-state index >= 15 is 0 Å². The fourth-order valence-electron chi connectivity index (χ4n) is 4.25. The summed E-state index contributed by atoms with van der Waals surface area (Å²) in [6.45, 7) is 1.82. The van der Waals surface area contributed by atoms with E-state index in [0.717, 1.165) is 17.7 Å². The molecule has 2 heterocycles. The van der Waals surface area contributed by atoms with Crippen LogP contribution in [0.5, 0.6) is 11.5 Å². The van der Waals surface area contributed by atoms with Crippen molar-refractivity contribution < 1.29 is 33.4 Å². The van der Waals surface area contributed by atoms with Crippen LogP contribution in [0.25, 0.3) is 0 Å². The summed E-state index contributed by atoms with van der Waals surface area (Å²) < 4.78 is 15.9. The number of carbonyl (C=O) groups excluding carboxylic acids is 4. The van der Waals surface area contributed by atoms with Crippen LogP contribution in [0.15, 0.2) is 18.2 Å². The van der Waals surface area contributed by atoms with E-state index in [1.807, 2.05) is 0 Å². The Morgan fingerprint density at radius 2 is 1.73 bits per heavy atom. The van der Waals surface area contributed by atoms with Gasteiger partial charge in [0, 0.05) is 11.8 Å². The number of nitrogens with one attached hydrogen (secondary N) is 1. The third-order valence-electron chi connectivity index (χ3n) is 5.78. The predicted octanol–water partition coefficient (Wildman–Crippen LogP) is 1.50. The molecule has 2 fully saturated rings. The summed E-state index contributed by atoms with van der Waals surface area (Å²) >= 11 is 0. The van der Waals surface area contributed by atoms with Crippen molar-refractivity contribution >= 4 is 29.4 Å². The van der Waals surface area contributed by atoms with Gasteiger partial charge in [0.05, 0.1) is 11.8 Å². The van der Waals surface area contributed by atoms with Crippen LogP contribution in [0.3, 0.4) is 0 Å². The predicted molar refractivity (Wildman–Crippen MR) is 104 cm³/mol. The van der Waals surface area contributed by atoms with Gasteiger partial charge in [0.2, 0.25) is 11.8 Å². The number of likely N-dealkylation sites (tertiary alicyclic amines) is 1. The summed E-state index contributed by atoms with van der Waals surface area (Å²) in [7, 11) is 0. The highest BCUT2D eigenvalue weighted by molar-refractivity contribution is 6.08. The Morgan fingerprint density at radius 1 is 1.10 bits per heavy atom. The zero-order valence-corrected chi connectivity index (χ0v) is 16.7. The van der Waals surface area contributed by atoms with Gasteiger partial charge in [0.1, 0.15) is 19.3 Å². The number of nitrogens with zero attached hydrogens (tertiary/aromatic N) is 1. The molecule has 1 aromatic rings. The topological polar surface area (TPSA) is 111 Å². The average molecular weight is 416 g/mol. The monoisotopic (exact) mass is 416 g/mol. The van der Waals surface area contributed by atoms with Gasteiger partial charge in [-0.25, -0.2) is 4.79 Å². The van der Waals surface area contributed by atoms with Crippen LogP contribution in [0.1, 0.15) is 32.6 Å². The number of hydrogen-bond donors (Lipinski definition) is 1. The number of benzene rings is 1. The van der Waals surface area contributed by atoms with Crippen LogP contribution in [-0.4, -0.2) is 54.5 Å². The first-order chi connectivity index (χ1) is 14.5. The van der Waals surface area contributed by atoms with Crippen LogP contribution in [0.4, 0.5) is 5.69 Å². The van der Waals surface area contributed by atoms with Crippen LogP contribution < -0.4 is 14.8 Å². The van der Waals surface area contributed by atoms with Crippen molar-refractivity contribution in [3.05, 3.63) is 18.2 Å². The fraction of sp³-hybridized carbons (Fsp3) is 0.524. The van der Waals surface area contributed by atoms with Gasteiger partial charge in [-0.15, -0.1) is 0 Å². The molecule has 1 saturated heterocycles. The summed E-state index contributed by atoms with van der Waals surface area (Å²) in [5.41, 5.74) is 0.474. The van der Waals surface area contributed by atoms with E-state index in [4.69, 9.17) is 14.2 Å². The summed E-state index contributed by atoms with van der Waals surface area (Å²) in [6, 6.07) is 3.90. The highest BCUT2D eigenvalue weighted by atomic mass is 16.6. The minimum absolute atomic E-state index is 0.310. The second-order valence-corrected chi connectivity index (χ2v) is 7.73. The lowest BCUT2D eigenvalue weighted by molar-refractivity contribution is -0.159. The van der Waals surface area contributed by atoms with Crippen molar-refractivity contribution in [2.45, 2.75) is 38.6 Å². The Balaban J connectivity index is 1.31. The van der Waals surface area contributed by atoms with Crippen molar-refractivity contribution in [3.8, 4) is 11.5 Å². The summed E-state index contributed by atoms with van der Waals surface area (Å²) in [5.74, 6) is -1.49. The molecule has 3 atom stereocenters. The summed E-state index contributed by atoms with van der Waals surface area (Å²) in [5, 5.41) is 2.61. The number of anilines is 1. The zero-order chi connectivity index (χ0) is 21.3. The Morgan fingerprint density at radius 3 is 2.40 bits per heavy atom. The van der Waals surface area contributed by atoms with E-state index in [1.54, 1.807) is 18.2 Å². The van der Waals surface area contributed by atoms with Crippen molar-refractivity contribution in [2.24, 2.45) is 11.8 Å². The highest BCUT2D eigenvalue weighted by Crippen LogP contribution is 2.39. The third-order valence-corrected chi connectivity index (χ3v) is 5.78. The third kappa shape index (κ3) is 3.83. The van der Waals surface area contributed by atoms with Crippen molar-refractivity contribution in [1.29, 1.82) is 0 Å². The second-order valence-electron chi connectivity index (χ2n) is 7.73. The van der Waals surface area contributed by atoms with Gasteiger partial charge < -0.3 is 19.5 Å². The Hall–Kier alpha value is -3.10. The quantitative estimate of drug-likeness (QED) is 0.572. The molecule has 0 radical (unpaired) electrons. The zero-order valence-electron chi connectivity index (χ0n) is 16.7. The van der Waals surface area contributed by atoms with Gasteiger partial charge in [-0.05, 0) is 31.9 Å². The van der Waals surface area contributed by atoms with Crippen molar-refractivity contribution in [1.82, 2.24) is 4.90 Å². The van der Waals surface area contributed by atoms with E-state index in [-0.39, 0.29) is 23.7 Å². The second kappa shape index (κ2) is 8.33. The standard InChI is InChI=1S/C21H24N2O7/c1-12(23-19(25)14-4-2-3-5-15(14)20(23)26)21(27)30-11-18(24)22-13-6-7-16-17(10-13)29-9-8-28-16/h6-7,10,12,14-15H,2-5,8-9,11H2,1H3,(H,22,24)/t12-,14+,15+/m0/s1. The van der Waals surface area contributed by atoms with E-state index in [9.17, 15) is 19.2 Å². The maximum Gasteiger partial charge on any atom is 0.329 e. The van der Waals surface area contributed by atoms with E-state index in [2.05, 4.69) is 5.32 Å². The number of carbonyl (C=O) groups is 4. The SMILES string of the molecule is C[C@@H](C(=O)OCC(=O)Nc1ccc2c(c1)OCCO2)N1C(=O)[C@@H]2CCCC[C@H]2C1=O. The van der Waals surface area contributed by atoms with E-state index in [0.29, 0.717) is 43.2 Å². The van der Waals surface area contributed by atoms with Crippen LogP contribution in [0, 0.1) is 11.8 Å². The molecule has 1 aliphatic carbocycles. The smallest absolute Gasteiger partial charge is 0.329 e. The molecule has 4 rings (SSSR count). The summed E-state index contributed by atoms with van der Waals surface area (Å²) in [4.78, 5) is 50.7. The molecule has 3 aliphatic rings. The Kier molecular flexibility index (Phi) is 5.61. The van der Waals surface area contributed by atoms with Crippen LogP contribution in [0.2, 0.25) is 0 Å². The summed E-state index contributed by atoms with van der Waals surface area (Å²) in [6.07, 6.45) is 3.16. The van der Waals surface area contributed by atoms with Crippen molar-refractivity contribution in [2.75, 3.05) is 25.1 Å². The van der Waals surface area contributed by atoms with Crippen LogP contribution in [-0.2, 0) is 23.9 Å². The number of hydrogen-bond acceptors (Lipinski definition) is 7. The number of rotatable bonds is 5. The van der Waals surface area contributed by atoms with E-state index < -0.39 is 24.5 Å². The number of esters is 1. The number of ether oxygens (including phenoxy) is 3. The molecule has 0 bridgehead atoms. The molecule has 1 aromatic carbocycles. The lowest BCUT2D eigenvalue weighted by Crippen LogP contribution is -2.45. The minimum atomic E-state index is -1.06. The molecule has 30 heavy (non-hydrogen) atoms. The molecular weight excluding hydrogens is 392 g/mol. The van der Waals surface area contributed by atoms with Gasteiger partial charge in [0.15, 0.2) is 18.1 Å². The first-order valence-electron chi connectivity index (χ1n) is 10.2. The first-order valence-corrected chi connectivity index (χ1v) is 10.2. The first kappa shape index (κ1) is 20.2. The molecule has 9 heteroatoms. The van der Waals surface area contributed by atoms with Crippen LogP contribution >= 0.6 is 0 Å². The lowest BCUT2D eigenvalue weighted by Gasteiger charge is -2.21. The Bertz CT molecular complexity index is 860. The van der Waals surface area contributed by atoms with Crippen molar-refractivity contribution in [3.63, 3.8) is 0 Å². The molecule has 9 nitrogen and oxygen atoms in total. The van der Waals surface area contributed by atoms with E-state index in [1.165, 1.54) is 6.92 Å². The molecule has 160 valence electrons. The number of fused-ring (bicyclic) bond motifs is 2. The molecule has 0 unspecified atom stereocenters. The number of amides is 3. The van der Waals surface area contributed by atoms with Gasteiger partial charge in [-0.2, -0.15) is 0 Å². The maximum absolute atomic E-state index is 12.6.